The molecule has 0 aromatic heterocycles. The van der Waals surface area contributed by atoms with E-state index in [-0.39, 0.29) is 18.4 Å². The molecule has 0 aliphatic carbocycles. The van der Waals surface area contributed by atoms with Crippen molar-refractivity contribution in [1.82, 2.24) is 5.32 Å². The summed E-state index contributed by atoms with van der Waals surface area (Å²) in [5, 5.41) is 11.7. The summed E-state index contributed by atoms with van der Waals surface area (Å²) in [5.74, 6) is -0.125. The van der Waals surface area contributed by atoms with Crippen LogP contribution in [0.1, 0.15) is 22.8 Å². The number of nitrogens with one attached hydrogen (secondary N) is 1. The number of aliphatic hydroxyl groups is 1. The van der Waals surface area contributed by atoms with Crippen LogP contribution in [0.3, 0.4) is 0 Å². The molecular weight excluding hydrogens is 284 g/mol. The van der Waals surface area contributed by atoms with Gasteiger partial charge in [-0.2, -0.15) is 0 Å². The molecule has 1 atom stereocenters. The van der Waals surface area contributed by atoms with Crippen LogP contribution in [0.4, 0.5) is 5.69 Å². The van der Waals surface area contributed by atoms with Crippen molar-refractivity contribution in [2.45, 2.75) is 13.8 Å². The SMILES string of the molecule is Cc1c(N)cc(Br)cc1C(=O)NCC(C)CO. The monoisotopic (exact) mass is 300 g/mol. The topological polar surface area (TPSA) is 75.4 Å². The molecule has 0 saturated carbocycles. The van der Waals surface area contributed by atoms with Gasteiger partial charge >= 0.3 is 0 Å². The summed E-state index contributed by atoms with van der Waals surface area (Å²) in [6.07, 6.45) is 0. The van der Waals surface area contributed by atoms with Gasteiger partial charge in [-0.05, 0) is 30.5 Å². The van der Waals surface area contributed by atoms with Gasteiger partial charge < -0.3 is 16.2 Å². The van der Waals surface area contributed by atoms with E-state index in [2.05, 4.69) is 21.2 Å². The predicted octanol–water partition coefficient (Wildman–Crippen LogP) is 1.70. The zero-order valence-corrected chi connectivity index (χ0v) is 11.5. The van der Waals surface area contributed by atoms with Gasteiger partial charge in [0.1, 0.15) is 0 Å². The molecule has 0 bridgehead atoms. The van der Waals surface area contributed by atoms with E-state index in [1.807, 2.05) is 13.8 Å². The Bertz CT molecular complexity index is 421. The number of hydrogen-bond donors (Lipinski definition) is 3. The van der Waals surface area contributed by atoms with E-state index in [1.165, 1.54) is 0 Å². The zero-order valence-electron chi connectivity index (χ0n) is 9.96. The molecule has 0 radical (unpaired) electrons. The van der Waals surface area contributed by atoms with Crippen molar-refractivity contribution in [3.63, 3.8) is 0 Å². The molecule has 4 nitrogen and oxygen atoms in total. The Balaban J connectivity index is 2.82. The minimum absolute atomic E-state index is 0.0451. The van der Waals surface area contributed by atoms with E-state index in [1.54, 1.807) is 12.1 Å². The molecule has 0 heterocycles. The van der Waals surface area contributed by atoms with E-state index in [0.717, 1.165) is 10.0 Å². The van der Waals surface area contributed by atoms with Crippen LogP contribution in [0.15, 0.2) is 16.6 Å². The van der Waals surface area contributed by atoms with Crippen molar-refractivity contribution in [1.29, 1.82) is 0 Å². The van der Waals surface area contributed by atoms with Gasteiger partial charge in [-0.25, -0.2) is 0 Å². The van der Waals surface area contributed by atoms with Crippen molar-refractivity contribution in [3.8, 4) is 0 Å². The van der Waals surface area contributed by atoms with Crippen LogP contribution >= 0.6 is 15.9 Å². The Kier molecular flexibility index (Phi) is 4.96. The van der Waals surface area contributed by atoms with Gasteiger partial charge in [0.05, 0.1) is 0 Å². The lowest BCUT2D eigenvalue weighted by Gasteiger charge is -2.12. The molecule has 0 aliphatic heterocycles. The van der Waals surface area contributed by atoms with Crippen molar-refractivity contribution < 1.29 is 9.90 Å². The molecule has 0 saturated heterocycles. The van der Waals surface area contributed by atoms with Crippen LogP contribution in [-0.4, -0.2) is 24.2 Å². The Labute approximate surface area is 109 Å². The molecule has 0 aliphatic rings. The van der Waals surface area contributed by atoms with E-state index in [9.17, 15) is 4.79 Å². The Morgan fingerprint density at radius 2 is 2.24 bits per heavy atom. The van der Waals surface area contributed by atoms with Gasteiger partial charge in [0, 0.05) is 28.9 Å². The van der Waals surface area contributed by atoms with E-state index < -0.39 is 0 Å². The molecule has 1 unspecified atom stereocenters. The summed E-state index contributed by atoms with van der Waals surface area (Å²) in [5.41, 5.74) is 7.70. The van der Waals surface area contributed by atoms with E-state index in [0.29, 0.717) is 17.8 Å². The minimum atomic E-state index is -0.171. The van der Waals surface area contributed by atoms with Gasteiger partial charge in [0.25, 0.3) is 5.91 Å². The maximum Gasteiger partial charge on any atom is 0.251 e. The second kappa shape index (κ2) is 6.02. The third kappa shape index (κ3) is 3.71. The third-order valence-corrected chi connectivity index (χ3v) is 3.04. The Morgan fingerprint density at radius 3 is 2.82 bits per heavy atom. The summed E-state index contributed by atoms with van der Waals surface area (Å²) in [7, 11) is 0. The average Bonchev–Trinajstić information content (AvgIpc) is 2.30. The summed E-state index contributed by atoms with van der Waals surface area (Å²) in [6.45, 7) is 4.18. The van der Waals surface area contributed by atoms with Crippen LogP contribution in [0.25, 0.3) is 0 Å². The van der Waals surface area contributed by atoms with Crippen molar-refractivity contribution in [2.24, 2.45) is 5.92 Å². The first kappa shape index (κ1) is 14.0. The highest BCUT2D eigenvalue weighted by Crippen LogP contribution is 2.22. The number of halogens is 1. The van der Waals surface area contributed by atoms with Crippen molar-refractivity contribution in [3.05, 3.63) is 27.7 Å². The highest BCUT2D eigenvalue weighted by molar-refractivity contribution is 9.10. The maximum absolute atomic E-state index is 11.9. The average molecular weight is 301 g/mol. The lowest BCUT2D eigenvalue weighted by Crippen LogP contribution is -2.30. The van der Waals surface area contributed by atoms with Gasteiger partial charge in [0.15, 0.2) is 0 Å². The Hall–Kier alpha value is -1.07. The number of carbonyl (C=O) groups excluding carboxylic acids is 1. The number of nitrogens with two attached hydrogens (primary N) is 1. The molecule has 1 rings (SSSR count). The number of carbonyl (C=O) groups is 1. The lowest BCUT2D eigenvalue weighted by atomic mass is 10.1. The quantitative estimate of drug-likeness (QED) is 0.741. The maximum atomic E-state index is 11.9. The first-order valence-electron chi connectivity index (χ1n) is 5.40. The second-order valence-electron chi connectivity index (χ2n) is 4.17. The summed E-state index contributed by atoms with van der Waals surface area (Å²) < 4.78 is 0.779. The van der Waals surface area contributed by atoms with E-state index >= 15 is 0 Å². The molecule has 94 valence electrons. The zero-order chi connectivity index (χ0) is 13.0. The molecule has 17 heavy (non-hydrogen) atoms. The smallest absolute Gasteiger partial charge is 0.251 e. The Morgan fingerprint density at radius 1 is 1.59 bits per heavy atom. The largest absolute Gasteiger partial charge is 0.398 e. The fraction of sp³-hybridized carbons (Fsp3) is 0.417. The number of nitrogen functional groups attached to an aromatic ring is 1. The highest BCUT2D eigenvalue weighted by atomic mass is 79.9. The molecular formula is C12H17BrN2O2. The van der Waals surface area contributed by atoms with Gasteiger partial charge in [-0.3, -0.25) is 4.79 Å². The van der Waals surface area contributed by atoms with E-state index in [4.69, 9.17) is 10.8 Å². The third-order valence-electron chi connectivity index (χ3n) is 2.58. The molecule has 4 N–H and O–H groups in total. The number of benzene rings is 1. The van der Waals surface area contributed by atoms with Gasteiger partial charge in [0.2, 0.25) is 0 Å². The number of hydrogen-bond acceptors (Lipinski definition) is 3. The minimum Gasteiger partial charge on any atom is -0.398 e. The van der Waals surface area contributed by atoms with Crippen LogP contribution < -0.4 is 11.1 Å². The molecule has 1 aromatic carbocycles. The second-order valence-corrected chi connectivity index (χ2v) is 5.08. The normalized spacial score (nSPS) is 12.2. The molecule has 1 aromatic rings. The lowest BCUT2D eigenvalue weighted by molar-refractivity contribution is 0.0941. The van der Waals surface area contributed by atoms with Gasteiger partial charge in [-0.1, -0.05) is 22.9 Å². The molecule has 0 spiro atoms. The van der Waals surface area contributed by atoms with Crippen LogP contribution in [0, 0.1) is 12.8 Å². The fourth-order valence-corrected chi connectivity index (χ4v) is 1.84. The fourth-order valence-electron chi connectivity index (χ4n) is 1.36. The number of anilines is 1. The van der Waals surface area contributed by atoms with Crippen LogP contribution in [0.5, 0.6) is 0 Å². The molecule has 1 amide bonds. The standard InChI is InChI=1S/C12H17BrN2O2/c1-7(6-16)5-15-12(17)10-3-9(13)4-11(14)8(10)2/h3-4,7,16H,5-6,14H2,1-2H3,(H,15,17). The molecule has 0 fully saturated rings. The number of rotatable bonds is 4. The van der Waals surface area contributed by atoms with Crippen molar-refractivity contribution >= 4 is 27.5 Å². The summed E-state index contributed by atoms with van der Waals surface area (Å²) >= 11 is 3.31. The summed E-state index contributed by atoms with van der Waals surface area (Å²) in [6, 6.07) is 3.51. The van der Waals surface area contributed by atoms with Crippen LogP contribution in [-0.2, 0) is 0 Å². The van der Waals surface area contributed by atoms with Crippen molar-refractivity contribution in [2.75, 3.05) is 18.9 Å². The number of aliphatic hydroxyl groups excluding tert-OH is 1. The first-order chi connectivity index (χ1) is 7.95. The summed E-state index contributed by atoms with van der Waals surface area (Å²) in [4.78, 5) is 11.9. The van der Waals surface area contributed by atoms with Crippen LogP contribution in [0.2, 0.25) is 0 Å². The molecule has 5 heteroatoms. The van der Waals surface area contributed by atoms with Gasteiger partial charge in [-0.15, -0.1) is 0 Å². The number of amides is 1. The highest BCUT2D eigenvalue weighted by Gasteiger charge is 2.12. The first-order valence-corrected chi connectivity index (χ1v) is 6.19. The predicted molar refractivity (Wildman–Crippen MR) is 71.9 cm³/mol.